The lowest BCUT2D eigenvalue weighted by Crippen LogP contribution is -2.51. The predicted octanol–water partition coefficient (Wildman–Crippen LogP) is 3.45. The highest BCUT2D eigenvalue weighted by Crippen LogP contribution is 2.26. The highest BCUT2D eigenvalue weighted by atomic mass is 32.2. The summed E-state index contributed by atoms with van der Waals surface area (Å²) in [4.78, 5) is 36.8. The van der Waals surface area contributed by atoms with Crippen molar-refractivity contribution in [2.75, 3.05) is 13.2 Å². The quantitative estimate of drug-likeness (QED) is 0.199. The van der Waals surface area contributed by atoms with Crippen LogP contribution in [0.1, 0.15) is 24.8 Å². The summed E-state index contributed by atoms with van der Waals surface area (Å²) in [6, 6.07) is 20.3. The number of hydrogen-bond acceptors (Lipinski definition) is 8. The number of esters is 1. The largest absolute Gasteiger partial charge is 0.493 e. The van der Waals surface area contributed by atoms with Gasteiger partial charge in [-0.3, -0.25) is 14.9 Å². The Balaban J connectivity index is 1.44. The van der Waals surface area contributed by atoms with Gasteiger partial charge in [-0.1, -0.05) is 48.5 Å². The van der Waals surface area contributed by atoms with E-state index in [9.17, 15) is 28.1 Å². The molecule has 0 bridgehead atoms. The molecule has 3 aromatic rings. The zero-order valence-corrected chi connectivity index (χ0v) is 22.4. The number of hydrogen-bond donors (Lipinski definition) is 1. The Morgan fingerprint density at radius 2 is 1.65 bits per heavy atom. The molecule has 11 nitrogen and oxygen atoms in total. The van der Waals surface area contributed by atoms with Gasteiger partial charge in [0.05, 0.1) is 16.4 Å². The number of nitro groups is 1. The highest BCUT2D eigenvalue weighted by molar-refractivity contribution is 7.89. The van der Waals surface area contributed by atoms with Crippen molar-refractivity contribution in [1.82, 2.24) is 9.62 Å². The smallest absolute Gasteiger partial charge is 0.329 e. The molecule has 1 amide bonds. The summed E-state index contributed by atoms with van der Waals surface area (Å²) in [6.07, 6.45) is 0.827. The Labute approximate surface area is 231 Å². The first-order valence-electron chi connectivity index (χ1n) is 12.7. The molecule has 4 rings (SSSR count). The van der Waals surface area contributed by atoms with Crippen molar-refractivity contribution < 1.29 is 32.4 Å². The number of ether oxygens (including phenoxy) is 2. The molecule has 1 saturated heterocycles. The van der Waals surface area contributed by atoms with Gasteiger partial charge in [-0.2, -0.15) is 4.31 Å². The van der Waals surface area contributed by atoms with Gasteiger partial charge in [0.1, 0.15) is 24.4 Å². The molecule has 2 unspecified atom stereocenters. The number of benzene rings is 3. The molecular weight excluding hydrogens is 538 g/mol. The number of carbonyl (C=O) groups excluding carboxylic acids is 2. The third kappa shape index (κ3) is 7.21. The predicted molar refractivity (Wildman–Crippen MR) is 145 cm³/mol. The minimum Gasteiger partial charge on any atom is -0.493 e. The fraction of sp³-hybridized carbons (Fsp3) is 0.286. The number of sulfonamides is 1. The molecule has 1 aliphatic rings. The Bertz CT molecular complexity index is 1420. The Morgan fingerprint density at radius 1 is 1.00 bits per heavy atom. The molecule has 3 aromatic carbocycles. The van der Waals surface area contributed by atoms with Crippen molar-refractivity contribution in [3.8, 4) is 5.75 Å². The second-order valence-corrected chi connectivity index (χ2v) is 11.0. The van der Waals surface area contributed by atoms with Gasteiger partial charge in [0.2, 0.25) is 15.9 Å². The lowest BCUT2D eigenvalue weighted by Gasteiger charge is -2.25. The van der Waals surface area contributed by atoms with Crippen LogP contribution in [0.5, 0.6) is 5.75 Å². The van der Waals surface area contributed by atoms with Crippen molar-refractivity contribution in [1.29, 1.82) is 0 Å². The van der Waals surface area contributed by atoms with Gasteiger partial charge in [-0.15, -0.1) is 0 Å². The van der Waals surface area contributed by atoms with E-state index in [2.05, 4.69) is 5.32 Å². The van der Waals surface area contributed by atoms with Crippen LogP contribution in [-0.4, -0.2) is 54.8 Å². The number of nitrogens with zero attached hydrogens (tertiary/aromatic N) is 2. The van der Waals surface area contributed by atoms with Crippen LogP contribution < -0.4 is 10.1 Å². The van der Waals surface area contributed by atoms with E-state index < -0.39 is 38.9 Å². The molecule has 0 aliphatic carbocycles. The molecule has 12 heteroatoms. The van der Waals surface area contributed by atoms with Crippen molar-refractivity contribution in [3.05, 3.63) is 101 Å². The van der Waals surface area contributed by atoms with E-state index in [1.807, 2.05) is 18.2 Å². The molecule has 40 heavy (non-hydrogen) atoms. The van der Waals surface area contributed by atoms with Crippen LogP contribution in [0.25, 0.3) is 0 Å². The van der Waals surface area contributed by atoms with Crippen molar-refractivity contribution in [3.63, 3.8) is 0 Å². The van der Waals surface area contributed by atoms with Gasteiger partial charge in [0.15, 0.2) is 0 Å². The van der Waals surface area contributed by atoms with Crippen LogP contribution in [-0.2, 0) is 31.0 Å². The monoisotopic (exact) mass is 567 g/mol. The minimum absolute atomic E-state index is 0.00675. The average Bonchev–Trinajstić information content (AvgIpc) is 3.48. The SMILES string of the molecule is O=C(OCc1ccccc1)C(CCOc1ccc([N+](=O)[O-])cc1)NC(=O)C1CCCN1S(=O)(=O)c1ccccc1. The third-order valence-corrected chi connectivity index (χ3v) is 8.33. The summed E-state index contributed by atoms with van der Waals surface area (Å²) in [6.45, 7) is 0.161. The molecular formula is C28H29N3O8S. The average molecular weight is 568 g/mol. The fourth-order valence-electron chi connectivity index (χ4n) is 4.32. The van der Waals surface area contributed by atoms with E-state index in [4.69, 9.17) is 9.47 Å². The van der Waals surface area contributed by atoms with Gasteiger partial charge in [-0.05, 0) is 42.7 Å². The summed E-state index contributed by atoms with van der Waals surface area (Å²) >= 11 is 0. The molecule has 0 aromatic heterocycles. The third-order valence-electron chi connectivity index (χ3n) is 6.40. The van der Waals surface area contributed by atoms with Gasteiger partial charge >= 0.3 is 5.97 Å². The lowest BCUT2D eigenvalue weighted by molar-refractivity contribution is -0.384. The Kier molecular flexibility index (Phi) is 9.46. The summed E-state index contributed by atoms with van der Waals surface area (Å²) in [5.41, 5.74) is 0.674. The summed E-state index contributed by atoms with van der Waals surface area (Å²) in [7, 11) is -3.91. The molecule has 1 heterocycles. The van der Waals surface area contributed by atoms with E-state index in [0.717, 1.165) is 9.87 Å². The molecule has 0 saturated carbocycles. The standard InChI is InChI=1S/C28H29N3O8S/c32-27(26-12-7-18-30(26)40(36,37)24-10-5-2-6-11-24)29-25(28(33)39-20-21-8-3-1-4-9-21)17-19-38-23-15-13-22(14-16-23)31(34)35/h1-6,8-11,13-16,25-26H,7,12,17-20H2,(H,29,32). The molecule has 0 radical (unpaired) electrons. The van der Waals surface area contributed by atoms with E-state index in [0.29, 0.717) is 18.6 Å². The number of nitrogens with one attached hydrogen (secondary N) is 1. The summed E-state index contributed by atoms with van der Waals surface area (Å²) in [5.74, 6) is -0.946. The van der Waals surface area contributed by atoms with Gasteiger partial charge < -0.3 is 14.8 Å². The first kappa shape index (κ1) is 28.7. The van der Waals surface area contributed by atoms with E-state index in [1.165, 1.54) is 36.4 Å². The van der Waals surface area contributed by atoms with Crippen molar-refractivity contribution in [2.45, 2.75) is 42.8 Å². The van der Waals surface area contributed by atoms with Crippen LogP contribution in [0, 0.1) is 10.1 Å². The van der Waals surface area contributed by atoms with Gasteiger partial charge in [0.25, 0.3) is 5.69 Å². The maximum atomic E-state index is 13.3. The molecule has 210 valence electrons. The molecule has 0 spiro atoms. The lowest BCUT2D eigenvalue weighted by atomic mass is 10.1. The summed E-state index contributed by atoms with van der Waals surface area (Å²) < 4.78 is 38.7. The maximum Gasteiger partial charge on any atom is 0.329 e. The molecule has 1 fully saturated rings. The molecule has 1 N–H and O–H groups in total. The first-order valence-corrected chi connectivity index (χ1v) is 14.1. The molecule has 2 atom stereocenters. The Hall–Kier alpha value is -4.29. The number of amides is 1. The fourth-order valence-corrected chi connectivity index (χ4v) is 6.00. The summed E-state index contributed by atoms with van der Waals surface area (Å²) in [5, 5.41) is 13.5. The maximum absolute atomic E-state index is 13.3. The van der Waals surface area contributed by atoms with Crippen LogP contribution in [0.15, 0.2) is 89.8 Å². The van der Waals surface area contributed by atoms with E-state index >= 15 is 0 Å². The van der Waals surface area contributed by atoms with E-state index in [1.54, 1.807) is 30.3 Å². The van der Waals surface area contributed by atoms with Gasteiger partial charge in [-0.25, -0.2) is 13.2 Å². The number of rotatable bonds is 12. The van der Waals surface area contributed by atoms with Crippen LogP contribution in [0.2, 0.25) is 0 Å². The molecule has 1 aliphatic heterocycles. The second-order valence-electron chi connectivity index (χ2n) is 9.13. The van der Waals surface area contributed by atoms with Crippen molar-refractivity contribution in [2.24, 2.45) is 0 Å². The van der Waals surface area contributed by atoms with E-state index in [-0.39, 0.29) is 36.8 Å². The number of carbonyl (C=O) groups is 2. The number of non-ortho nitro benzene ring substituents is 1. The zero-order valence-electron chi connectivity index (χ0n) is 21.5. The second kappa shape index (κ2) is 13.2. The van der Waals surface area contributed by atoms with Crippen LogP contribution in [0.3, 0.4) is 0 Å². The number of nitro benzene ring substituents is 1. The Morgan fingerprint density at radius 3 is 2.30 bits per heavy atom. The first-order chi connectivity index (χ1) is 19.3. The van der Waals surface area contributed by atoms with Gasteiger partial charge in [0, 0.05) is 25.1 Å². The minimum atomic E-state index is -3.91. The normalized spacial score (nSPS) is 16.1. The topological polar surface area (TPSA) is 145 Å². The van der Waals surface area contributed by atoms with Crippen molar-refractivity contribution >= 4 is 27.6 Å². The van der Waals surface area contributed by atoms with Crippen LogP contribution in [0.4, 0.5) is 5.69 Å². The van der Waals surface area contributed by atoms with Crippen LogP contribution >= 0.6 is 0 Å². The highest BCUT2D eigenvalue weighted by Gasteiger charge is 2.40. The zero-order chi connectivity index (χ0) is 28.5.